The fourth-order valence-electron chi connectivity index (χ4n) is 3.39. The van der Waals surface area contributed by atoms with Gasteiger partial charge in [-0.1, -0.05) is 26.7 Å². The summed E-state index contributed by atoms with van der Waals surface area (Å²) in [5, 5.41) is 13.6. The van der Waals surface area contributed by atoms with Crippen molar-refractivity contribution >= 4 is 0 Å². The lowest BCUT2D eigenvalue weighted by atomic mass is 9.97. The average Bonchev–Trinajstić information content (AvgIpc) is 3.00. The Morgan fingerprint density at radius 2 is 1.89 bits per heavy atom. The van der Waals surface area contributed by atoms with E-state index in [4.69, 9.17) is 4.74 Å². The average molecular weight is 255 g/mol. The Hall–Kier alpha value is -0.120. The van der Waals surface area contributed by atoms with Crippen LogP contribution >= 0.6 is 0 Å². The molecule has 3 heteroatoms. The molecule has 0 radical (unpaired) electrons. The molecule has 1 unspecified atom stereocenters. The molecule has 2 aliphatic rings. The van der Waals surface area contributed by atoms with Crippen molar-refractivity contribution in [3.63, 3.8) is 0 Å². The van der Waals surface area contributed by atoms with Gasteiger partial charge in [-0.25, -0.2) is 0 Å². The molecule has 1 saturated heterocycles. The van der Waals surface area contributed by atoms with Gasteiger partial charge in [-0.3, -0.25) is 0 Å². The van der Waals surface area contributed by atoms with Crippen molar-refractivity contribution in [2.24, 2.45) is 0 Å². The van der Waals surface area contributed by atoms with Crippen LogP contribution in [-0.4, -0.2) is 35.5 Å². The molecule has 2 fully saturated rings. The van der Waals surface area contributed by atoms with E-state index in [1.54, 1.807) is 0 Å². The van der Waals surface area contributed by atoms with Crippen molar-refractivity contribution in [3.05, 3.63) is 0 Å². The predicted molar refractivity (Wildman–Crippen MR) is 73.7 cm³/mol. The van der Waals surface area contributed by atoms with Gasteiger partial charge in [-0.05, 0) is 38.5 Å². The molecule has 3 nitrogen and oxygen atoms in total. The van der Waals surface area contributed by atoms with Gasteiger partial charge in [-0.2, -0.15) is 0 Å². The van der Waals surface area contributed by atoms with Crippen LogP contribution in [0.25, 0.3) is 0 Å². The third-order valence-corrected chi connectivity index (χ3v) is 5.00. The second-order valence-corrected chi connectivity index (χ2v) is 6.23. The van der Waals surface area contributed by atoms with Crippen molar-refractivity contribution in [1.82, 2.24) is 5.32 Å². The maximum atomic E-state index is 10.2. The van der Waals surface area contributed by atoms with Crippen LogP contribution in [0.5, 0.6) is 0 Å². The summed E-state index contributed by atoms with van der Waals surface area (Å²) >= 11 is 0. The molecule has 1 atom stereocenters. The zero-order valence-corrected chi connectivity index (χ0v) is 12.0. The lowest BCUT2D eigenvalue weighted by molar-refractivity contribution is -0.0380. The van der Waals surface area contributed by atoms with Gasteiger partial charge in [0.2, 0.25) is 0 Å². The number of hydrogen-bond acceptors (Lipinski definition) is 3. The number of rotatable bonds is 6. The van der Waals surface area contributed by atoms with Crippen molar-refractivity contribution < 1.29 is 9.84 Å². The second-order valence-electron chi connectivity index (χ2n) is 6.23. The van der Waals surface area contributed by atoms with Crippen molar-refractivity contribution in [2.75, 3.05) is 13.1 Å². The van der Waals surface area contributed by atoms with E-state index in [2.05, 4.69) is 5.32 Å². The summed E-state index contributed by atoms with van der Waals surface area (Å²) < 4.78 is 6.25. The largest absolute Gasteiger partial charge is 0.389 e. The lowest BCUT2D eigenvalue weighted by Crippen LogP contribution is -2.42. The fourth-order valence-corrected chi connectivity index (χ4v) is 3.39. The minimum atomic E-state index is -0.538. The zero-order valence-electron chi connectivity index (χ0n) is 12.0. The highest BCUT2D eigenvalue weighted by Gasteiger charge is 2.41. The summed E-state index contributed by atoms with van der Waals surface area (Å²) in [5.41, 5.74) is -0.304. The summed E-state index contributed by atoms with van der Waals surface area (Å²) in [6.45, 7) is 5.67. The van der Waals surface area contributed by atoms with Crippen LogP contribution in [0, 0.1) is 0 Å². The Kier molecular flexibility index (Phi) is 4.68. The molecule has 106 valence electrons. The first-order chi connectivity index (χ1) is 8.61. The molecule has 0 bridgehead atoms. The minimum absolute atomic E-state index is 0.234. The molecule has 1 heterocycles. The molecule has 18 heavy (non-hydrogen) atoms. The molecule has 2 N–H and O–H groups in total. The third kappa shape index (κ3) is 3.25. The van der Waals surface area contributed by atoms with Gasteiger partial charge in [-0.15, -0.1) is 0 Å². The van der Waals surface area contributed by atoms with Gasteiger partial charge in [0.05, 0.1) is 17.3 Å². The Morgan fingerprint density at radius 1 is 1.22 bits per heavy atom. The quantitative estimate of drug-likeness (QED) is 0.766. The highest BCUT2D eigenvalue weighted by molar-refractivity contribution is 4.93. The van der Waals surface area contributed by atoms with Crippen LogP contribution in [0.2, 0.25) is 0 Å². The van der Waals surface area contributed by atoms with Crippen LogP contribution in [0.1, 0.15) is 65.2 Å². The normalized spacial score (nSPS) is 27.2. The zero-order chi connectivity index (χ0) is 13.1. The van der Waals surface area contributed by atoms with E-state index in [-0.39, 0.29) is 5.60 Å². The SMILES string of the molecule is CCC(O)(CC)CNCC1CCC2(CCCC2)O1. The van der Waals surface area contributed by atoms with Crippen LogP contribution in [-0.2, 0) is 4.74 Å². The molecule has 1 saturated carbocycles. The van der Waals surface area contributed by atoms with Gasteiger partial charge < -0.3 is 15.2 Å². The fraction of sp³-hybridized carbons (Fsp3) is 1.00. The predicted octanol–water partition coefficient (Wildman–Crippen LogP) is 2.62. The first kappa shape index (κ1) is 14.3. The van der Waals surface area contributed by atoms with Gasteiger partial charge >= 0.3 is 0 Å². The number of nitrogens with one attached hydrogen (secondary N) is 1. The monoisotopic (exact) mass is 255 g/mol. The van der Waals surface area contributed by atoms with Crippen LogP contribution in [0.4, 0.5) is 0 Å². The first-order valence-electron chi connectivity index (χ1n) is 7.72. The van der Waals surface area contributed by atoms with E-state index in [1.807, 2.05) is 13.8 Å². The van der Waals surface area contributed by atoms with Crippen molar-refractivity contribution in [1.29, 1.82) is 0 Å². The molecular weight excluding hydrogens is 226 g/mol. The third-order valence-electron chi connectivity index (χ3n) is 5.00. The summed E-state index contributed by atoms with van der Waals surface area (Å²) in [7, 11) is 0. The molecule has 1 spiro atoms. The van der Waals surface area contributed by atoms with Crippen LogP contribution in [0.15, 0.2) is 0 Å². The molecule has 0 aromatic rings. The smallest absolute Gasteiger partial charge is 0.0766 e. The standard InChI is InChI=1S/C15H29NO2/c1-3-14(17,4-2)12-16-11-13-7-10-15(18-13)8-5-6-9-15/h13,16-17H,3-12H2,1-2H3. The van der Waals surface area contributed by atoms with Gasteiger partial charge in [0, 0.05) is 13.1 Å². The second kappa shape index (κ2) is 5.89. The summed E-state index contributed by atoms with van der Waals surface area (Å²) in [6.07, 6.45) is 9.61. The molecular formula is C15H29NO2. The minimum Gasteiger partial charge on any atom is -0.389 e. The lowest BCUT2D eigenvalue weighted by Gasteiger charge is -2.27. The molecule has 0 aromatic carbocycles. The molecule has 1 aliphatic heterocycles. The number of aliphatic hydroxyl groups is 1. The maximum absolute atomic E-state index is 10.2. The summed E-state index contributed by atoms with van der Waals surface area (Å²) in [6, 6.07) is 0. The maximum Gasteiger partial charge on any atom is 0.0766 e. The Balaban J connectivity index is 1.69. The first-order valence-corrected chi connectivity index (χ1v) is 7.72. The van der Waals surface area contributed by atoms with Gasteiger partial charge in [0.15, 0.2) is 0 Å². The van der Waals surface area contributed by atoms with E-state index in [1.165, 1.54) is 38.5 Å². The summed E-state index contributed by atoms with van der Waals surface area (Å²) in [5.74, 6) is 0. The topological polar surface area (TPSA) is 41.5 Å². The van der Waals surface area contributed by atoms with Crippen molar-refractivity contribution in [3.8, 4) is 0 Å². The molecule has 0 aromatic heterocycles. The number of hydrogen-bond donors (Lipinski definition) is 2. The van der Waals surface area contributed by atoms with E-state index in [9.17, 15) is 5.11 Å². The van der Waals surface area contributed by atoms with Crippen LogP contribution in [0.3, 0.4) is 0 Å². The summed E-state index contributed by atoms with van der Waals surface area (Å²) in [4.78, 5) is 0. The van der Waals surface area contributed by atoms with Crippen LogP contribution < -0.4 is 5.32 Å². The Bertz CT molecular complexity index is 257. The van der Waals surface area contributed by atoms with Gasteiger partial charge in [0.1, 0.15) is 0 Å². The molecule has 0 amide bonds. The van der Waals surface area contributed by atoms with E-state index < -0.39 is 5.60 Å². The number of ether oxygens (including phenoxy) is 1. The van der Waals surface area contributed by atoms with E-state index >= 15 is 0 Å². The highest BCUT2D eigenvalue weighted by Crippen LogP contribution is 2.43. The molecule has 2 rings (SSSR count). The Morgan fingerprint density at radius 3 is 2.50 bits per heavy atom. The Labute approximate surface area is 111 Å². The van der Waals surface area contributed by atoms with Crippen molar-refractivity contribution in [2.45, 2.75) is 82.5 Å². The molecule has 1 aliphatic carbocycles. The van der Waals surface area contributed by atoms with Gasteiger partial charge in [0.25, 0.3) is 0 Å². The van der Waals surface area contributed by atoms with E-state index in [0.717, 1.165) is 19.4 Å². The highest BCUT2D eigenvalue weighted by atomic mass is 16.5. The van der Waals surface area contributed by atoms with E-state index in [0.29, 0.717) is 12.6 Å².